The maximum absolute atomic E-state index is 5.00. The molecule has 352 valence electrons. The second-order valence-corrected chi connectivity index (χ2v) is 17.0. The number of rotatable bonds is 28. The van der Waals surface area contributed by atoms with E-state index < -0.39 is 0 Å². The second kappa shape index (κ2) is 54.8. The number of halogens is 2. The van der Waals surface area contributed by atoms with Crippen molar-refractivity contribution in [2.24, 2.45) is 23.7 Å². The van der Waals surface area contributed by atoms with Gasteiger partial charge < -0.3 is 33.5 Å². The second-order valence-electron chi connectivity index (χ2n) is 15.8. The van der Waals surface area contributed by atoms with Crippen LogP contribution in [0.25, 0.3) is 0 Å². The highest BCUT2D eigenvalue weighted by Crippen LogP contribution is 2.17. The van der Waals surface area contributed by atoms with Crippen molar-refractivity contribution < 1.29 is 23.7 Å². The molecule has 1 aliphatic heterocycles. The van der Waals surface area contributed by atoms with Crippen LogP contribution >= 0.6 is 36.6 Å². The van der Waals surface area contributed by atoms with Crippen molar-refractivity contribution in [1.82, 2.24) is 14.8 Å². The van der Waals surface area contributed by atoms with Crippen LogP contribution in [0.2, 0.25) is 0 Å². The third-order valence-electron chi connectivity index (χ3n) is 10.5. The molecule has 11 heteroatoms. The fourth-order valence-corrected chi connectivity index (χ4v) is 6.60. The van der Waals surface area contributed by atoms with Crippen LogP contribution in [0, 0.1) is 23.7 Å². The molecule has 0 N–H and O–H groups in total. The van der Waals surface area contributed by atoms with Gasteiger partial charge in [0.15, 0.2) is 0 Å². The molecule has 0 aliphatic carbocycles. The van der Waals surface area contributed by atoms with Gasteiger partial charge in [0.2, 0.25) is 0 Å². The minimum absolute atomic E-state index is 0. The first-order chi connectivity index (χ1) is 27.1. The van der Waals surface area contributed by atoms with Crippen molar-refractivity contribution >= 4 is 36.6 Å². The fourth-order valence-electron chi connectivity index (χ4n) is 5.62. The molecule has 2 atom stereocenters. The smallest absolute Gasteiger partial charge is 0.0474 e. The fraction of sp³-hybridized carbons (Fsp3) is 0.894. The third-order valence-corrected chi connectivity index (χ3v) is 11.4. The summed E-state index contributed by atoms with van der Waals surface area (Å²) < 4.78 is 24.9. The van der Waals surface area contributed by atoms with Crippen molar-refractivity contribution in [1.29, 1.82) is 0 Å². The lowest BCUT2D eigenvalue weighted by atomic mass is 9.93. The summed E-state index contributed by atoms with van der Waals surface area (Å²) >= 11 is 2.06. The number of ether oxygens (including phenoxy) is 5. The predicted molar refractivity (Wildman–Crippen MR) is 262 cm³/mol. The van der Waals surface area contributed by atoms with E-state index >= 15 is 0 Å². The first kappa shape index (κ1) is 66.9. The van der Waals surface area contributed by atoms with Crippen LogP contribution in [0.5, 0.6) is 0 Å². The van der Waals surface area contributed by atoms with E-state index in [4.69, 9.17) is 23.7 Å². The van der Waals surface area contributed by atoms with Crippen LogP contribution in [0.4, 0.5) is 0 Å². The van der Waals surface area contributed by atoms with Gasteiger partial charge in [0.1, 0.15) is 0 Å². The van der Waals surface area contributed by atoms with E-state index in [-0.39, 0.29) is 24.8 Å². The van der Waals surface area contributed by atoms with E-state index in [0.29, 0.717) is 0 Å². The average Bonchev–Trinajstić information content (AvgIpc) is 3.21. The van der Waals surface area contributed by atoms with E-state index in [1.54, 1.807) is 35.5 Å². The molecule has 2 heterocycles. The van der Waals surface area contributed by atoms with Crippen LogP contribution < -0.4 is 0 Å². The number of aryl methyl sites for hydroxylation is 1. The Bertz CT molecular complexity index is 820. The first-order valence-corrected chi connectivity index (χ1v) is 23.6. The summed E-state index contributed by atoms with van der Waals surface area (Å²) in [5.41, 5.74) is 1.33. The minimum atomic E-state index is 0. The molecule has 0 spiro atoms. The molecule has 8 nitrogen and oxygen atoms in total. The number of thioether (sulfide) groups is 1. The molecule has 1 saturated heterocycles. The Kier molecular flexibility index (Phi) is 63.2. The molecule has 0 radical (unpaired) electrons. The van der Waals surface area contributed by atoms with Gasteiger partial charge >= 0.3 is 0 Å². The molecule has 58 heavy (non-hydrogen) atoms. The first-order valence-electron chi connectivity index (χ1n) is 22.4. The molecular formula is C47H99Cl2N3O5S. The van der Waals surface area contributed by atoms with E-state index in [1.165, 1.54) is 101 Å². The van der Waals surface area contributed by atoms with Gasteiger partial charge in [0.05, 0.1) is 0 Å². The summed E-state index contributed by atoms with van der Waals surface area (Å²) in [6, 6.07) is 4.12. The quantitative estimate of drug-likeness (QED) is 0.0765. The van der Waals surface area contributed by atoms with Crippen LogP contribution in [0.3, 0.4) is 0 Å². The highest BCUT2D eigenvalue weighted by atomic mass is 35.5. The lowest BCUT2D eigenvalue weighted by molar-refractivity contribution is 0.175. The number of hydrogen-bond donors (Lipinski definition) is 0. The number of methoxy groups -OCH3 is 5. The predicted octanol–water partition coefficient (Wildman–Crippen LogP) is 11.9. The molecule has 1 aliphatic rings. The average molecular weight is 889 g/mol. The zero-order valence-electron chi connectivity index (χ0n) is 40.4. The Morgan fingerprint density at radius 3 is 1.48 bits per heavy atom. The monoisotopic (exact) mass is 888 g/mol. The molecular weight excluding hydrogens is 790 g/mol. The van der Waals surface area contributed by atoms with Crippen molar-refractivity contribution in [2.75, 3.05) is 119 Å². The van der Waals surface area contributed by atoms with Crippen LogP contribution in [-0.2, 0) is 30.1 Å². The van der Waals surface area contributed by atoms with Gasteiger partial charge in [-0.2, -0.15) is 11.8 Å². The summed E-state index contributed by atoms with van der Waals surface area (Å²) in [6.45, 7) is 30.0. The SMILES string of the molecule is CCN(CC)CCCOC.COCCCCC(C)C(C)C.COCCCCC(C)C(C)C.COCCCCCc1cccnc1.COCCCN1CCSCC1.Cl.Cl. The normalized spacial score (nSPS) is 13.3. The van der Waals surface area contributed by atoms with Gasteiger partial charge in [-0.15, -0.1) is 24.8 Å². The van der Waals surface area contributed by atoms with Crippen molar-refractivity contribution in [3.05, 3.63) is 30.1 Å². The molecule has 0 amide bonds. The van der Waals surface area contributed by atoms with Crippen LogP contribution in [-0.4, -0.2) is 134 Å². The van der Waals surface area contributed by atoms with Gasteiger partial charge in [-0.25, -0.2) is 0 Å². The van der Waals surface area contributed by atoms with Gasteiger partial charge in [-0.05, 0) is 93.3 Å². The van der Waals surface area contributed by atoms with Crippen LogP contribution in [0.15, 0.2) is 24.5 Å². The maximum Gasteiger partial charge on any atom is 0.0474 e. The molecule has 2 unspecified atom stereocenters. The highest BCUT2D eigenvalue weighted by molar-refractivity contribution is 7.99. The summed E-state index contributed by atoms with van der Waals surface area (Å²) in [5.74, 6) is 6.02. The lowest BCUT2D eigenvalue weighted by Gasteiger charge is -2.25. The van der Waals surface area contributed by atoms with Crippen molar-refractivity contribution in [3.63, 3.8) is 0 Å². The van der Waals surface area contributed by atoms with E-state index in [9.17, 15) is 0 Å². The molecule has 0 aromatic carbocycles. The number of nitrogens with zero attached hydrogens (tertiary/aromatic N) is 3. The number of pyridine rings is 1. The summed E-state index contributed by atoms with van der Waals surface area (Å²) in [4.78, 5) is 9.00. The van der Waals surface area contributed by atoms with Crippen molar-refractivity contribution in [2.45, 2.75) is 132 Å². The van der Waals surface area contributed by atoms with Gasteiger partial charge in [-0.3, -0.25) is 4.98 Å². The third kappa shape index (κ3) is 51.9. The summed E-state index contributed by atoms with van der Waals surface area (Å²) in [5, 5.41) is 0. The van der Waals surface area contributed by atoms with Crippen molar-refractivity contribution in [3.8, 4) is 0 Å². The minimum Gasteiger partial charge on any atom is -0.385 e. The molecule has 2 rings (SSSR count). The molecule has 1 aromatic rings. The Balaban J connectivity index is -0.000000201. The summed E-state index contributed by atoms with van der Waals surface area (Å²) in [6.07, 6.45) is 18.6. The van der Waals surface area contributed by atoms with Gasteiger partial charge in [-0.1, -0.05) is 93.6 Å². The summed E-state index contributed by atoms with van der Waals surface area (Å²) in [7, 11) is 8.81. The standard InChI is InChI=1S/C11H17NO.2C10H22O.C8H17NOS.C8H19NO.2ClH/c1-13-9-4-2-3-6-11-7-5-8-12-10-11;2*1-9(2)10(3)7-5-6-8-11-4;1-10-6-2-3-9-4-7-11-8-5-9;1-4-9(5-2)7-6-8-10-3;;/h5,7-8,10H,2-4,6,9H2,1H3;2*9-10H,5-8H2,1-4H3;2-8H2,1H3;4-8H2,1-3H3;2*1H. The van der Waals surface area contributed by atoms with Gasteiger partial charge in [0, 0.05) is 119 Å². The topological polar surface area (TPSA) is 65.5 Å². The maximum atomic E-state index is 5.00. The van der Waals surface area contributed by atoms with E-state index in [2.05, 4.69) is 88.0 Å². The highest BCUT2D eigenvalue weighted by Gasteiger charge is 2.09. The Morgan fingerprint density at radius 1 is 0.621 bits per heavy atom. The lowest BCUT2D eigenvalue weighted by Crippen LogP contribution is -2.33. The molecule has 1 fully saturated rings. The molecule has 0 bridgehead atoms. The Morgan fingerprint density at radius 2 is 1.07 bits per heavy atom. The van der Waals surface area contributed by atoms with Crippen LogP contribution in [0.1, 0.15) is 132 Å². The van der Waals surface area contributed by atoms with E-state index in [1.807, 2.05) is 18.5 Å². The Labute approximate surface area is 379 Å². The zero-order chi connectivity index (χ0) is 42.5. The number of hydrogen-bond acceptors (Lipinski definition) is 9. The van der Waals surface area contributed by atoms with Gasteiger partial charge in [0.25, 0.3) is 0 Å². The number of unbranched alkanes of at least 4 members (excludes halogenated alkanes) is 4. The van der Waals surface area contributed by atoms with E-state index in [0.717, 1.165) is 89.1 Å². The molecule has 1 aromatic heterocycles. The number of aromatic nitrogens is 1. The molecule has 0 saturated carbocycles. The largest absolute Gasteiger partial charge is 0.385 e. The zero-order valence-corrected chi connectivity index (χ0v) is 42.9. The Hall–Kier alpha value is -0.200.